The number of benzene rings is 2. The summed E-state index contributed by atoms with van der Waals surface area (Å²) in [4.78, 5) is 0.0811. The molecule has 0 unspecified atom stereocenters. The van der Waals surface area contributed by atoms with Gasteiger partial charge in [-0.25, -0.2) is 13.6 Å². The molecule has 5 nitrogen and oxygen atoms in total. The van der Waals surface area contributed by atoms with Gasteiger partial charge in [-0.15, -0.1) is 0 Å². The lowest BCUT2D eigenvalue weighted by atomic mass is 9.99. The normalized spacial score (nSPS) is 11.2. The van der Waals surface area contributed by atoms with Gasteiger partial charge in [0.1, 0.15) is 11.5 Å². The molecule has 0 saturated carbocycles. The Morgan fingerprint density at radius 2 is 1.57 bits per heavy atom. The third-order valence-electron chi connectivity index (χ3n) is 3.22. The molecule has 2 aromatic rings. The van der Waals surface area contributed by atoms with E-state index in [4.69, 9.17) is 14.6 Å². The first-order valence-corrected chi connectivity index (χ1v) is 7.78. The van der Waals surface area contributed by atoms with E-state index in [9.17, 15) is 8.42 Å². The van der Waals surface area contributed by atoms with Crippen LogP contribution in [0.3, 0.4) is 0 Å². The third-order valence-corrected chi connectivity index (χ3v) is 4.13. The number of aryl methyl sites for hydroxylation is 1. The van der Waals surface area contributed by atoms with Crippen molar-refractivity contribution >= 4 is 10.0 Å². The first-order valence-electron chi connectivity index (χ1n) is 6.23. The second-order valence-corrected chi connectivity index (χ2v) is 6.12. The van der Waals surface area contributed by atoms with Gasteiger partial charge < -0.3 is 9.47 Å². The van der Waals surface area contributed by atoms with E-state index < -0.39 is 10.0 Å². The summed E-state index contributed by atoms with van der Waals surface area (Å²) in [6.45, 7) is 1.82. The maximum Gasteiger partial charge on any atom is 0.238 e. The fourth-order valence-corrected chi connectivity index (χ4v) is 2.81. The van der Waals surface area contributed by atoms with Crippen LogP contribution < -0.4 is 14.6 Å². The zero-order valence-corrected chi connectivity index (χ0v) is 12.9. The van der Waals surface area contributed by atoms with Crippen molar-refractivity contribution < 1.29 is 17.9 Å². The summed E-state index contributed by atoms with van der Waals surface area (Å²) in [5, 5.41) is 5.15. The van der Waals surface area contributed by atoms with Gasteiger partial charge in [-0.1, -0.05) is 12.1 Å². The van der Waals surface area contributed by atoms with Crippen LogP contribution in [0.5, 0.6) is 11.5 Å². The van der Waals surface area contributed by atoms with E-state index in [-0.39, 0.29) is 4.90 Å². The van der Waals surface area contributed by atoms with Crippen LogP contribution in [-0.2, 0) is 10.0 Å². The summed E-state index contributed by atoms with van der Waals surface area (Å²) < 4.78 is 33.6. The van der Waals surface area contributed by atoms with Gasteiger partial charge in [0.15, 0.2) is 0 Å². The molecule has 21 heavy (non-hydrogen) atoms. The predicted octanol–water partition coefficient (Wildman–Crippen LogP) is 2.33. The van der Waals surface area contributed by atoms with Crippen molar-refractivity contribution in [2.24, 2.45) is 5.14 Å². The highest BCUT2D eigenvalue weighted by Gasteiger charge is 2.16. The van der Waals surface area contributed by atoms with Crippen LogP contribution in [0.2, 0.25) is 0 Å². The van der Waals surface area contributed by atoms with Crippen LogP contribution in [0.1, 0.15) is 5.56 Å². The van der Waals surface area contributed by atoms with Crippen LogP contribution >= 0.6 is 0 Å². The largest absolute Gasteiger partial charge is 0.496 e. The van der Waals surface area contributed by atoms with Crippen molar-refractivity contribution in [3.8, 4) is 22.6 Å². The highest BCUT2D eigenvalue weighted by atomic mass is 32.2. The molecule has 0 aliphatic carbocycles. The molecule has 0 atom stereocenters. The van der Waals surface area contributed by atoms with Gasteiger partial charge in [0.25, 0.3) is 0 Å². The van der Waals surface area contributed by atoms with Crippen molar-refractivity contribution in [3.05, 3.63) is 42.0 Å². The maximum absolute atomic E-state index is 11.4. The van der Waals surface area contributed by atoms with E-state index in [0.717, 1.165) is 16.7 Å². The fourth-order valence-electron chi connectivity index (χ4n) is 2.21. The number of sulfonamides is 1. The van der Waals surface area contributed by atoms with Gasteiger partial charge in [0.2, 0.25) is 10.0 Å². The topological polar surface area (TPSA) is 78.6 Å². The predicted molar refractivity (Wildman–Crippen MR) is 81.1 cm³/mol. The van der Waals surface area contributed by atoms with Gasteiger partial charge in [0.05, 0.1) is 24.7 Å². The van der Waals surface area contributed by atoms with Crippen molar-refractivity contribution in [2.45, 2.75) is 11.8 Å². The molecule has 2 N–H and O–H groups in total. The summed E-state index contributed by atoms with van der Waals surface area (Å²) in [6, 6.07) is 10.2. The van der Waals surface area contributed by atoms with Crippen molar-refractivity contribution in [3.63, 3.8) is 0 Å². The Balaban J connectivity index is 2.68. The van der Waals surface area contributed by atoms with Gasteiger partial charge in [-0.3, -0.25) is 0 Å². The molecule has 0 amide bonds. The average Bonchev–Trinajstić information content (AvgIpc) is 2.45. The van der Waals surface area contributed by atoms with Crippen LogP contribution in [0.4, 0.5) is 0 Å². The number of rotatable bonds is 4. The summed E-state index contributed by atoms with van der Waals surface area (Å²) in [5.74, 6) is 1.31. The molecule has 0 fully saturated rings. The van der Waals surface area contributed by atoms with E-state index >= 15 is 0 Å². The van der Waals surface area contributed by atoms with Gasteiger partial charge in [0, 0.05) is 0 Å². The molecule has 0 aromatic heterocycles. The van der Waals surface area contributed by atoms with Gasteiger partial charge in [-0.2, -0.15) is 0 Å². The number of hydrogen-bond donors (Lipinski definition) is 1. The highest BCUT2D eigenvalue weighted by Crippen LogP contribution is 2.40. The lowest BCUT2D eigenvalue weighted by Crippen LogP contribution is -2.12. The molecule has 0 spiro atoms. The summed E-state index contributed by atoms with van der Waals surface area (Å²) in [7, 11) is -0.567. The molecule has 112 valence electrons. The highest BCUT2D eigenvalue weighted by molar-refractivity contribution is 7.89. The molecule has 2 aromatic carbocycles. The Morgan fingerprint density at radius 3 is 2.00 bits per heavy atom. The maximum atomic E-state index is 11.4. The molecule has 0 aliphatic heterocycles. The number of nitrogens with two attached hydrogens (primary N) is 1. The van der Waals surface area contributed by atoms with Crippen molar-refractivity contribution in [1.82, 2.24) is 0 Å². The number of hydrogen-bond acceptors (Lipinski definition) is 4. The molecule has 0 aliphatic rings. The fraction of sp³-hybridized carbons (Fsp3) is 0.200. The Bertz CT molecular complexity index is 747. The molecule has 0 saturated heterocycles. The first-order chi connectivity index (χ1) is 9.88. The van der Waals surface area contributed by atoms with Crippen LogP contribution in [0.15, 0.2) is 41.3 Å². The smallest absolute Gasteiger partial charge is 0.238 e. The minimum atomic E-state index is -3.72. The summed E-state index contributed by atoms with van der Waals surface area (Å²) >= 11 is 0. The molecule has 0 bridgehead atoms. The number of methoxy groups -OCH3 is 2. The van der Waals surface area contributed by atoms with E-state index in [0.29, 0.717) is 11.5 Å². The minimum absolute atomic E-state index is 0.0811. The van der Waals surface area contributed by atoms with Crippen LogP contribution in [0, 0.1) is 6.92 Å². The monoisotopic (exact) mass is 307 g/mol. The molecular weight excluding hydrogens is 290 g/mol. The Kier molecular flexibility index (Phi) is 4.20. The van der Waals surface area contributed by atoms with E-state index in [1.54, 1.807) is 20.3 Å². The van der Waals surface area contributed by atoms with Crippen molar-refractivity contribution in [1.29, 1.82) is 0 Å². The minimum Gasteiger partial charge on any atom is -0.496 e. The lowest BCUT2D eigenvalue weighted by molar-refractivity contribution is 0.397. The molecule has 0 radical (unpaired) electrons. The van der Waals surface area contributed by atoms with E-state index in [2.05, 4.69) is 0 Å². The number of primary sulfonamides is 1. The zero-order chi connectivity index (χ0) is 15.6. The quantitative estimate of drug-likeness (QED) is 0.940. The molecule has 0 heterocycles. The lowest BCUT2D eigenvalue weighted by Gasteiger charge is -2.15. The third kappa shape index (κ3) is 3.01. The molecule has 6 heteroatoms. The second-order valence-electron chi connectivity index (χ2n) is 4.56. The van der Waals surface area contributed by atoms with Crippen LogP contribution in [0.25, 0.3) is 11.1 Å². The Morgan fingerprint density at radius 1 is 1.00 bits per heavy atom. The van der Waals surface area contributed by atoms with E-state index in [1.807, 2.05) is 25.1 Å². The number of ether oxygens (including phenoxy) is 2. The summed E-state index contributed by atoms with van der Waals surface area (Å²) in [5.41, 5.74) is 2.38. The van der Waals surface area contributed by atoms with Gasteiger partial charge >= 0.3 is 0 Å². The van der Waals surface area contributed by atoms with Crippen molar-refractivity contribution in [2.75, 3.05) is 14.2 Å². The SMILES string of the molecule is COc1cccc(OC)c1-c1ccc(S(N)(=O)=O)cc1C. The van der Waals surface area contributed by atoms with E-state index in [1.165, 1.54) is 12.1 Å². The summed E-state index contributed by atoms with van der Waals surface area (Å²) in [6.07, 6.45) is 0. The molecular formula is C15H17NO4S. The Labute approximate surface area is 124 Å². The average molecular weight is 307 g/mol. The second kappa shape index (κ2) is 5.75. The van der Waals surface area contributed by atoms with Crippen LogP contribution in [-0.4, -0.2) is 22.6 Å². The molecule has 2 rings (SSSR count). The Hall–Kier alpha value is -2.05. The standard InChI is InChI=1S/C15H17NO4S/c1-10-9-11(21(16,17)18)7-8-12(10)15-13(19-2)5-4-6-14(15)20-3/h4-9H,1-3H3,(H2,16,17,18). The zero-order valence-electron chi connectivity index (χ0n) is 12.1. The first kappa shape index (κ1) is 15.3. The van der Waals surface area contributed by atoms with Gasteiger partial charge in [-0.05, 0) is 42.3 Å².